The first-order chi connectivity index (χ1) is 11.2. The zero-order valence-corrected chi connectivity index (χ0v) is 13.5. The monoisotopic (exact) mass is 315 g/mol. The van der Waals surface area contributed by atoms with Gasteiger partial charge in [-0.1, -0.05) is 0 Å². The second kappa shape index (κ2) is 6.77. The van der Waals surface area contributed by atoms with Gasteiger partial charge in [0.15, 0.2) is 5.76 Å². The number of amides is 1. The molecule has 122 valence electrons. The van der Waals surface area contributed by atoms with Gasteiger partial charge in [0.25, 0.3) is 5.91 Å². The van der Waals surface area contributed by atoms with Crippen LogP contribution in [0.5, 0.6) is 11.5 Å². The Labute approximate surface area is 135 Å². The molecule has 1 amide bonds. The lowest BCUT2D eigenvalue weighted by Gasteiger charge is -2.14. The smallest absolute Gasteiger partial charge is 0.289 e. The summed E-state index contributed by atoms with van der Waals surface area (Å²) in [5.41, 5.74) is 0. The van der Waals surface area contributed by atoms with E-state index < -0.39 is 0 Å². The molecule has 5 heteroatoms. The SMILES string of the molecule is COc1ccc(OCc2ccc(C(=O)N(C)CC3CC3)o2)cc1. The number of carbonyl (C=O) groups excluding carboxylic acids is 1. The average molecular weight is 315 g/mol. The van der Waals surface area contributed by atoms with Crippen LogP contribution in [0.4, 0.5) is 0 Å². The largest absolute Gasteiger partial charge is 0.497 e. The predicted octanol–water partition coefficient (Wildman–Crippen LogP) is 3.35. The highest BCUT2D eigenvalue weighted by Crippen LogP contribution is 2.29. The van der Waals surface area contributed by atoms with Crippen molar-refractivity contribution in [3.05, 3.63) is 47.9 Å². The number of benzene rings is 1. The highest BCUT2D eigenvalue weighted by atomic mass is 16.5. The van der Waals surface area contributed by atoms with Crippen LogP contribution in [-0.2, 0) is 6.61 Å². The van der Waals surface area contributed by atoms with E-state index in [9.17, 15) is 4.79 Å². The zero-order chi connectivity index (χ0) is 16.2. The van der Waals surface area contributed by atoms with Gasteiger partial charge >= 0.3 is 0 Å². The number of ether oxygens (including phenoxy) is 2. The lowest BCUT2D eigenvalue weighted by molar-refractivity contribution is 0.0753. The van der Waals surface area contributed by atoms with Crippen molar-refractivity contribution in [3.8, 4) is 11.5 Å². The second-order valence-electron chi connectivity index (χ2n) is 5.86. The number of methoxy groups -OCH3 is 1. The fourth-order valence-electron chi connectivity index (χ4n) is 2.36. The maximum absolute atomic E-state index is 12.2. The lowest BCUT2D eigenvalue weighted by atomic mass is 10.3. The Bertz CT molecular complexity index is 658. The second-order valence-corrected chi connectivity index (χ2v) is 5.86. The molecule has 0 aliphatic heterocycles. The van der Waals surface area contributed by atoms with Crippen LogP contribution >= 0.6 is 0 Å². The molecular formula is C18H21NO4. The minimum Gasteiger partial charge on any atom is -0.497 e. The summed E-state index contributed by atoms with van der Waals surface area (Å²) in [5, 5.41) is 0. The molecule has 0 saturated heterocycles. The molecule has 0 N–H and O–H groups in total. The number of nitrogens with zero attached hydrogens (tertiary/aromatic N) is 1. The predicted molar refractivity (Wildman–Crippen MR) is 85.7 cm³/mol. The summed E-state index contributed by atoms with van der Waals surface area (Å²) in [6, 6.07) is 10.8. The fraction of sp³-hybridized carbons (Fsp3) is 0.389. The van der Waals surface area contributed by atoms with Crippen LogP contribution in [0.3, 0.4) is 0 Å². The molecule has 0 bridgehead atoms. The van der Waals surface area contributed by atoms with Crippen LogP contribution in [0.1, 0.15) is 29.2 Å². The van der Waals surface area contributed by atoms with E-state index in [1.807, 2.05) is 31.3 Å². The summed E-state index contributed by atoms with van der Waals surface area (Å²) in [4.78, 5) is 14.0. The van der Waals surface area contributed by atoms with E-state index in [1.54, 1.807) is 24.1 Å². The van der Waals surface area contributed by atoms with Gasteiger partial charge in [-0.3, -0.25) is 4.79 Å². The molecule has 1 aromatic heterocycles. The molecule has 0 atom stereocenters. The van der Waals surface area contributed by atoms with Gasteiger partial charge in [0.05, 0.1) is 7.11 Å². The molecule has 0 spiro atoms. The molecule has 1 heterocycles. The summed E-state index contributed by atoms with van der Waals surface area (Å²) in [6.45, 7) is 1.09. The molecule has 3 rings (SSSR count). The summed E-state index contributed by atoms with van der Waals surface area (Å²) >= 11 is 0. The number of hydrogen-bond acceptors (Lipinski definition) is 4. The average Bonchev–Trinajstić information content (AvgIpc) is 3.26. The third kappa shape index (κ3) is 4.06. The van der Waals surface area contributed by atoms with Crippen LogP contribution in [-0.4, -0.2) is 31.5 Å². The van der Waals surface area contributed by atoms with Gasteiger partial charge in [-0.2, -0.15) is 0 Å². The summed E-state index contributed by atoms with van der Waals surface area (Å²) < 4.78 is 16.3. The van der Waals surface area contributed by atoms with Crippen molar-refractivity contribution in [2.45, 2.75) is 19.4 Å². The minimum absolute atomic E-state index is 0.0763. The molecule has 1 aromatic carbocycles. The van der Waals surface area contributed by atoms with Gasteiger partial charge in [0.2, 0.25) is 0 Å². The molecule has 1 aliphatic carbocycles. The van der Waals surface area contributed by atoms with Gasteiger partial charge in [-0.15, -0.1) is 0 Å². The van der Waals surface area contributed by atoms with Crippen LogP contribution in [0.15, 0.2) is 40.8 Å². The van der Waals surface area contributed by atoms with E-state index in [1.165, 1.54) is 12.8 Å². The van der Waals surface area contributed by atoms with E-state index in [0.717, 1.165) is 18.0 Å². The highest BCUT2D eigenvalue weighted by Gasteiger charge is 2.26. The Morgan fingerprint density at radius 3 is 2.52 bits per heavy atom. The Hall–Kier alpha value is -2.43. The molecule has 1 fully saturated rings. The van der Waals surface area contributed by atoms with E-state index in [0.29, 0.717) is 17.4 Å². The van der Waals surface area contributed by atoms with Crippen molar-refractivity contribution in [2.24, 2.45) is 5.92 Å². The van der Waals surface area contributed by atoms with Crippen molar-refractivity contribution in [1.29, 1.82) is 0 Å². The standard InChI is InChI=1S/C18H21NO4/c1-19(11-13-3-4-13)18(20)17-10-9-16(23-17)12-22-15-7-5-14(21-2)6-8-15/h5-10,13H,3-4,11-12H2,1-2H3. The zero-order valence-electron chi connectivity index (χ0n) is 13.5. The Kier molecular flexibility index (Phi) is 4.55. The molecule has 2 aromatic rings. The van der Waals surface area contributed by atoms with E-state index >= 15 is 0 Å². The Morgan fingerprint density at radius 2 is 1.87 bits per heavy atom. The molecule has 1 aliphatic rings. The molecule has 23 heavy (non-hydrogen) atoms. The van der Waals surface area contributed by atoms with Crippen molar-refractivity contribution in [2.75, 3.05) is 20.7 Å². The van der Waals surface area contributed by atoms with Crippen LogP contribution in [0.25, 0.3) is 0 Å². The first-order valence-corrected chi connectivity index (χ1v) is 7.76. The maximum atomic E-state index is 12.2. The van der Waals surface area contributed by atoms with Crippen molar-refractivity contribution in [3.63, 3.8) is 0 Å². The molecule has 5 nitrogen and oxygen atoms in total. The lowest BCUT2D eigenvalue weighted by Crippen LogP contribution is -2.28. The van der Waals surface area contributed by atoms with Gasteiger partial charge in [-0.25, -0.2) is 0 Å². The van der Waals surface area contributed by atoms with Crippen LogP contribution in [0, 0.1) is 5.92 Å². The Morgan fingerprint density at radius 1 is 1.17 bits per heavy atom. The number of carbonyl (C=O) groups is 1. The first kappa shape index (κ1) is 15.5. The van der Waals surface area contributed by atoms with Gasteiger partial charge in [-0.05, 0) is 55.2 Å². The third-order valence-electron chi connectivity index (χ3n) is 3.89. The fourth-order valence-corrected chi connectivity index (χ4v) is 2.36. The normalized spacial score (nSPS) is 13.7. The number of hydrogen-bond donors (Lipinski definition) is 0. The number of furan rings is 1. The summed E-state index contributed by atoms with van der Waals surface area (Å²) in [7, 11) is 3.44. The summed E-state index contributed by atoms with van der Waals surface area (Å²) in [6.07, 6.45) is 2.44. The molecule has 1 saturated carbocycles. The van der Waals surface area contributed by atoms with E-state index in [4.69, 9.17) is 13.9 Å². The van der Waals surface area contributed by atoms with Crippen molar-refractivity contribution in [1.82, 2.24) is 4.90 Å². The quantitative estimate of drug-likeness (QED) is 0.786. The van der Waals surface area contributed by atoms with Gasteiger partial charge < -0.3 is 18.8 Å². The van der Waals surface area contributed by atoms with Crippen LogP contribution in [0.2, 0.25) is 0 Å². The van der Waals surface area contributed by atoms with Crippen molar-refractivity contribution < 1.29 is 18.7 Å². The first-order valence-electron chi connectivity index (χ1n) is 7.76. The molecule has 0 unspecified atom stereocenters. The minimum atomic E-state index is -0.0763. The van der Waals surface area contributed by atoms with E-state index in [-0.39, 0.29) is 12.5 Å². The summed E-state index contributed by atoms with van der Waals surface area (Å²) in [5.74, 6) is 3.08. The molecule has 0 radical (unpaired) electrons. The van der Waals surface area contributed by atoms with Crippen molar-refractivity contribution >= 4 is 5.91 Å². The highest BCUT2D eigenvalue weighted by molar-refractivity contribution is 5.91. The topological polar surface area (TPSA) is 51.9 Å². The number of rotatable bonds is 7. The van der Waals surface area contributed by atoms with Gasteiger partial charge in [0.1, 0.15) is 23.9 Å². The molecular weight excluding hydrogens is 294 g/mol. The Balaban J connectivity index is 1.54. The van der Waals surface area contributed by atoms with Crippen LogP contribution < -0.4 is 9.47 Å². The van der Waals surface area contributed by atoms with E-state index in [2.05, 4.69) is 0 Å². The van der Waals surface area contributed by atoms with Gasteiger partial charge in [0, 0.05) is 13.6 Å². The maximum Gasteiger partial charge on any atom is 0.289 e. The third-order valence-corrected chi connectivity index (χ3v) is 3.89.